The third kappa shape index (κ3) is 4.83. The standard InChI is InChI=1S/C27H24N4O3/c1-2-33-27(32)12-20-10-11-31(17-20)26-16-28-15-25(30-26)24-14-21-13-22(8-9-23(21)29-24)34-18-19-6-4-3-5-7-19/h3-11,13-17,29H,2,12,18H2,1H3. The van der Waals surface area contributed by atoms with Gasteiger partial charge in [0, 0.05) is 23.3 Å². The van der Waals surface area contributed by atoms with E-state index in [-0.39, 0.29) is 12.4 Å². The van der Waals surface area contributed by atoms with Gasteiger partial charge in [-0.15, -0.1) is 0 Å². The maximum atomic E-state index is 11.7. The van der Waals surface area contributed by atoms with Gasteiger partial charge >= 0.3 is 5.97 Å². The minimum Gasteiger partial charge on any atom is -0.489 e. The third-order valence-electron chi connectivity index (χ3n) is 5.41. The van der Waals surface area contributed by atoms with Crippen LogP contribution in [0.1, 0.15) is 18.1 Å². The second-order valence-electron chi connectivity index (χ2n) is 7.88. The number of aromatic amines is 1. The van der Waals surface area contributed by atoms with Crippen molar-refractivity contribution in [2.45, 2.75) is 20.0 Å². The van der Waals surface area contributed by atoms with Crippen LogP contribution in [0.25, 0.3) is 28.1 Å². The molecule has 2 aromatic carbocycles. The van der Waals surface area contributed by atoms with Crippen LogP contribution in [-0.4, -0.2) is 32.1 Å². The lowest BCUT2D eigenvalue weighted by molar-refractivity contribution is -0.142. The molecule has 0 atom stereocenters. The van der Waals surface area contributed by atoms with Crippen molar-refractivity contribution < 1.29 is 14.3 Å². The van der Waals surface area contributed by atoms with Gasteiger partial charge in [-0.1, -0.05) is 30.3 Å². The van der Waals surface area contributed by atoms with Crippen LogP contribution in [0.4, 0.5) is 0 Å². The van der Waals surface area contributed by atoms with Crippen molar-refractivity contribution in [1.82, 2.24) is 19.5 Å². The summed E-state index contributed by atoms with van der Waals surface area (Å²) in [4.78, 5) is 24.3. The van der Waals surface area contributed by atoms with Crippen molar-refractivity contribution in [2.24, 2.45) is 0 Å². The molecule has 5 rings (SSSR count). The van der Waals surface area contributed by atoms with Crippen molar-refractivity contribution >= 4 is 16.9 Å². The Morgan fingerprint density at radius 3 is 2.76 bits per heavy atom. The zero-order chi connectivity index (χ0) is 23.3. The van der Waals surface area contributed by atoms with E-state index in [1.54, 1.807) is 19.3 Å². The van der Waals surface area contributed by atoms with Crippen LogP contribution in [0.3, 0.4) is 0 Å². The minimum absolute atomic E-state index is 0.227. The number of ether oxygens (including phenoxy) is 2. The van der Waals surface area contributed by atoms with Crippen LogP contribution in [0.5, 0.6) is 5.75 Å². The number of rotatable bonds is 8. The fourth-order valence-electron chi connectivity index (χ4n) is 3.76. The number of carbonyl (C=O) groups excluding carboxylic acids is 1. The SMILES string of the molecule is CCOC(=O)Cc1ccn(-c2cncc(-c3cc4cc(OCc5ccccc5)ccc4[nH]3)n2)c1. The quantitative estimate of drug-likeness (QED) is 0.331. The lowest BCUT2D eigenvalue weighted by Crippen LogP contribution is -2.06. The summed E-state index contributed by atoms with van der Waals surface area (Å²) in [5, 5.41) is 1.03. The van der Waals surface area contributed by atoms with E-state index in [0.717, 1.165) is 39.2 Å². The first-order valence-corrected chi connectivity index (χ1v) is 11.1. The summed E-state index contributed by atoms with van der Waals surface area (Å²) in [5.41, 5.74) is 4.57. The van der Waals surface area contributed by atoms with Crippen LogP contribution in [0.15, 0.2) is 85.5 Å². The normalized spacial score (nSPS) is 11.0. The molecule has 0 aliphatic heterocycles. The molecule has 0 unspecified atom stereocenters. The first kappa shape index (κ1) is 21.5. The van der Waals surface area contributed by atoms with Crippen molar-refractivity contribution in [3.05, 3.63) is 96.6 Å². The zero-order valence-corrected chi connectivity index (χ0v) is 18.8. The monoisotopic (exact) mass is 452 g/mol. The molecule has 0 saturated carbocycles. The number of aromatic nitrogens is 4. The largest absolute Gasteiger partial charge is 0.489 e. The van der Waals surface area contributed by atoms with Gasteiger partial charge in [-0.2, -0.15) is 0 Å². The Bertz CT molecular complexity index is 1420. The smallest absolute Gasteiger partial charge is 0.310 e. The highest BCUT2D eigenvalue weighted by molar-refractivity contribution is 5.86. The fraction of sp³-hybridized carbons (Fsp3) is 0.148. The van der Waals surface area contributed by atoms with Crippen LogP contribution in [-0.2, 0) is 22.6 Å². The van der Waals surface area contributed by atoms with E-state index in [1.165, 1.54) is 0 Å². The van der Waals surface area contributed by atoms with Gasteiger partial charge < -0.3 is 19.0 Å². The first-order valence-electron chi connectivity index (χ1n) is 11.1. The predicted molar refractivity (Wildman–Crippen MR) is 130 cm³/mol. The average molecular weight is 453 g/mol. The molecule has 0 radical (unpaired) electrons. The van der Waals surface area contributed by atoms with E-state index < -0.39 is 0 Å². The number of nitrogens with one attached hydrogen (secondary N) is 1. The van der Waals surface area contributed by atoms with E-state index >= 15 is 0 Å². The van der Waals surface area contributed by atoms with Gasteiger partial charge in [0.25, 0.3) is 0 Å². The van der Waals surface area contributed by atoms with Gasteiger partial charge in [0.05, 0.1) is 31.1 Å². The Labute approximate surface area is 197 Å². The summed E-state index contributed by atoms with van der Waals surface area (Å²) >= 11 is 0. The molecule has 34 heavy (non-hydrogen) atoms. The Hall–Kier alpha value is -4.39. The van der Waals surface area contributed by atoms with Gasteiger partial charge in [-0.25, -0.2) is 4.98 Å². The molecule has 5 aromatic rings. The average Bonchev–Trinajstić information content (AvgIpc) is 3.50. The summed E-state index contributed by atoms with van der Waals surface area (Å²) in [6.07, 6.45) is 7.38. The third-order valence-corrected chi connectivity index (χ3v) is 5.41. The summed E-state index contributed by atoms with van der Waals surface area (Å²) < 4.78 is 12.8. The first-order chi connectivity index (χ1) is 16.7. The second kappa shape index (κ2) is 9.62. The number of hydrogen-bond donors (Lipinski definition) is 1. The van der Waals surface area contributed by atoms with E-state index in [0.29, 0.717) is 19.0 Å². The van der Waals surface area contributed by atoms with Gasteiger partial charge in [-0.05, 0) is 48.4 Å². The van der Waals surface area contributed by atoms with Crippen LogP contribution in [0.2, 0.25) is 0 Å². The number of nitrogens with zero attached hydrogens (tertiary/aromatic N) is 3. The van der Waals surface area contributed by atoms with Crippen LogP contribution in [0, 0.1) is 0 Å². The van der Waals surface area contributed by atoms with E-state index in [4.69, 9.17) is 14.5 Å². The van der Waals surface area contributed by atoms with E-state index in [9.17, 15) is 4.79 Å². The summed E-state index contributed by atoms with van der Waals surface area (Å²) in [5.74, 6) is 1.23. The molecule has 170 valence electrons. The van der Waals surface area contributed by atoms with Gasteiger partial charge in [0.15, 0.2) is 5.82 Å². The molecule has 3 aromatic heterocycles. The van der Waals surface area contributed by atoms with Crippen molar-refractivity contribution in [3.63, 3.8) is 0 Å². The highest BCUT2D eigenvalue weighted by atomic mass is 16.5. The maximum absolute atomic E-state index is 11.7. The van der Waals surface area contributed by atoms with E-state index in [2.05, 4.69) is 9.97 Å². The topological polar surface area (TPSA) is 82.0 Å². The number of hydrogen-bond acceptors (Lipinski definition) is 5. The molecule has 1 N–H and O–H groups in total. The van der Waals surface area contributed by atoms with Crippen LogP contribution >= 0.6 is 0 Å². The molecular weight excluding hydrogens is 428 g/mol. The summed E-state index contributed by atoms with van der Waals surface area (Å²) in [7, 11) is 0. The molecule has 7 heteroatoms. The van der Waals surface area contributed by atoms with Crippen molar-refractivity contribution in [3.8, 4) is 23.0 Å². The zero-order valence-electron chi connectivity index (χ0n) is 18.8. The fourth-order valence-corrected chi connectivity index (χ4v) is 3.76. The van der Waals surface area contributed by atoms with Gasteiger partial charge in [0.2, 0.25) is 0 Å². The van der Waals surface area contributed by atoms with Gasteiger partial charge in [-0.3, -0.25) is 9.78 Å². The molecule has 0 spiro atoms. The molecule has 0 saturated heterocycles. The number of carbonyl (C=O) groups is 1. The van der Waals surface area contributed by atoms with E-state index in [1.807, 2.05) is 77.6 Å². The molecular formula is C27H24N4O3. The Morgan fingerprint density at radius 2 is 1.91 bits per heavy atom. The number of esters is 1. The highest BCUT2D eigenvalue weighted by Gasteiger charge is 2.10. The summed E-state index contributed by atoms with van der Waals surface area (Å²) in [6.45, 7) is 2.69. The maximum Gasteiger partial charge on any atom is 0.310 e. The molecule has 0 bridgehead atoms. The van der Waals surface area contributed by atoms with Crippen molar-refractivity contribution in [2.75, 3.05) is 6.61 Å². The second-order valence-corrected chi connectivity index (χ2v) is 7.88. The Balaban J connectivity index is 1.34. The number of benzene rings is 2. The minimum atomic E-state index is -0.245. The molecule has 3 heterocycles. The highest BCUT2D eigenvalue weighted by Crippen LogP contribution is 2.27. The lowest BCUT2D eigenvalue weighted by Gasteiger charge is -2.06. The molecule has 7 nitrogen and oxygen atoms in total. The number of H-pyrrole nitrogens is 1. The molecule has 0 aliphatic rings. The Morgan fingerprint density at radius 1 is 1.03 bits per heavy atom. The van der Waals surface area contributed by atoms with Crippen molar-refractivity contribution in [1.29, 1.82) is 0 Å². The van der Waals surface area contributed by atoms with Crippen LogP contribution < -0.4 is 4.74 Å². The Kier molecular flexibility index (Phi) is 6.07. The predicted octanol–water partition coefficient (Wildman–Crippen LogP) is 5.10. The van der Waals surface area contributed by atoms with Gasteiger partial charge in [0.1, 0.15) is 18.1 Å². The number of fused-ring (bicyclic) bond motifs is 1. The molecule has 0 aliphatic carbocycles. The lowest BCUT2D eigenvalue weighted by atomic mass is 10.2. The summed E-state index contributed by atoms with van der Waals surface area (Å²) in [6, 6.07) is 20.0. The molecule has 0 fully saturated rings. The molecule has 0 amide bonds.